The van der Waals surface area contributed by atoms with Crippen LogP contribution < -0.4 is 0 Å². The molecule has 0 bridgehead atoms. The molecular formula is C11H15Br2NOS. The largest absolute Gasteiger partial charge is 0.337 e. The molecule has 0 saturated heterocycles. The topological polar surface area (TPSA) is 20.3 Å². The van der Waals surface area contributed by atoms with Gasteiger partial charge in [-0.2, -0.15) is 0 Å². The van der Waals surface area contributed by atoms with Gasteiger partial charge in [-0.25, -0.2) is 0 Å². The molecule has 1 rings (SSSR count). The fraction of sp³-hybridized carbons (Fsp3) is 0.545. The summed E-state index contributed by atoms with van der Waals surface area (Å²) in [6.45, 7) is 5.68. The minimum absolute atomic E-state index is 0.139. The minimum atomic E-state index is 0.139. The van der Waals surface area contributed by atoms with Crippen LogP contribution in [0.5, 0.6) is 0 Å². The van der Waals surface area contributed by atoms with E-state index >= 15 is 0 Å². The number of halogens is 2. The molecule has 0 atom stereocenters. The van der Waals surface area contributed by atoms with E-state index in [1.807, 2.05) is 17.9 Å². The molecule has 0 aromatic carbocycles. The number of hydrogen-bond acceptors (Lipinski definition) is 2. The summed E-state index contributed by atoms with van der Waals surface area (Å²) in [5, 5.41) is 0.824. The molecule has 1 aromatic rings. The van der Waals surface area contributed by atoms with Crippen molar-refractivity contribution in [2.45, 2.75) is 20.3 Å². The summed E-state index contributed by atoms with van der Waals surface area (Å²) < 4.78 is 1.05. The van der Waals surface area contributed by atoms with Crippen molar-refractivity contribution in [1.82, 2.24) is 4.90 Å². The zero-order valence-corrected chi connectivity index (χ0v) is 13.4. The Morgan fingerprint density at radius 2 is 2.19 bits per heavy atom. The molecule has 0 radical (unpaired) electrons. The summed E-state index contributed by atoms with van der Waals surface area (Å²) in [6.07, 6.45) is 0.990. The van der Waals surface area contributed by atoms with E-state index in [9.17, 15) is 4.79 Å². The first kappa shape index (κ1) is 14.2. The fourth-order valence-electron chi connectivity index (χ4n) is 1.41. The van der Waals surface area contributed by atoms with Crippen molar-refractivity contribution in [1.29, 1.82) is 0 Å². The second-order valence-electron chi connectivity index (χ2n) is 3.55. The molecule has 16 heavy (non-hydrogen) atoms. The molecule has 0 N–H and O–H groups in total. The maximum absolute atomic E-state index is 12.2. The molecule has 0 aliphatic heterocycles. The summed E-state index contributed by atoms with van der Waals surface area (Å²) in [5.41, 5.74) is 1.13. The highest BCUT2D eigenvalue weighted by Gasteiger charge is 2.17. The van der Waals surface area contributed by atoms with Crippen molar-refractivity contribution >= 4 is 49.1 Å². The molecule has 0 fully saturated rings. The van der Waals surface area contributed by atoms with Gasteiger partial charge in [0.05, 0.1) is 8.66 Å². The maximum atomic E-state index is 12.2. The Hall–Kier alpha value is 0.130. The summed E-state index contributed by atoms with van der Waals surface area (Å²) in [4.78, 5) is 14.9. The highest BCUT2D eigenvalue weighted by atomic mass is 79.9. The van der Waals surface area contributed by atoms with Crippen LogP contribution in [0.4, 0.5) is 0 Å². The standard InChI is InChI=1S/C11H15Br2NOS/c1-3-5-14(6-4-12)11(15)9-7-8(2)10(13)16-9/h7H,3-6H2,1-2H3. The van der Waals surface area contributed by atoms with E-state index in [2.05, 4.69) is 38.8 Å². The molecule has 90 valence electrons. The van der Waals surface area contributed by atoms with Gasteiger partial charge in [0.1, 0.15) is 0 Å². The number of thiophene rings is 1. The van der Waals surface area contributed by atoms with Gasteiger partial charge < -0.3 is 4.90 Å². The van der Waals surface area contributed by atoms with Crippen molar-refractivity contribution in [2.24, 2.45) is 0 Å². The van der Waals surface area contributed by atoms with Crippen LogP contribution in [0, 0.1) is 6.92 Å². The predicted octanol–water partition coefficient (Wildman–Crippen LogP) is 4.07. The predicted molar refractivity (Wildman–Crippen MR) is 76.7 cm³/mol. The smallest absolute Gasteiger partial charge is 0.263 e. The average Bonchev–Trinajstić information content (AvgIpc) is 2.58. The molecular weight excluding hydrogens is 354 g/mol. The molecule has 0 unspecified atom stereocenters. The van der Waals surface area contributed by atoms with Crippen LogP contribution in [0.2, 0.25) is 0 Å². The van der Waals surface area contributed by atoms with Gasteiger partial charge in [-0.1, -0.05) is 22.9 Å². The Morgan fingerprint density at radius 1 is 1.50 bits per heavy atom. The first-order chi connectivity index (χ1) is 7.60. The van der Waals surface area contributed by atoms with Crippen LogP contribution in [-0.2, 0) is 0 Å². The molecule has 0 aliphatic carbocycles. The number of nitrogens with zero attached hydrogens (tertiary/aromatic N) is 1. The van der Waals surface area contributed by atoms with E-state index in [1.165, 1.54) is 11.3 Å². The number of hydrogen-bond donors (Lipinski definition) is 0. The Morgan fingerprint density at radius 3 is 2.62 bits per heavy atom. The highest BCUT2D eigenvalue weighted by Crippen LogP contribution is 2.28. The van der Waals surface area contributed by atoms with Crippen LogP contribution in [-0.4, -0.2) is 29.2 Å². The second kappa shape index (κ2) is 6.77. The van der Waals surface area contributed by atoms with Gasteiger partial charge in [0, 0.05) is 18.4 Å². The number of carbonyl (C=O) groups is 1. The normalized spacial score (nSPS) is 10.5. The lowest BCUT2D eigenvalue weighted by Gasteiger charge is -2.20. The summed E-state index contributed by atoms with van der Waals surface area (Å²) in [7, 11) is 0. The number of amides is 1. The minimum Gasteiger partial charge on any atom is -0.337 e. The molecule has 0 aliphatic rings. The van der Waals surface area contributed by atoms with Gasteiger partial charge in [0.15, 0.2) is 0 Å². The van der Waals surface area contributed by atoms with Gasteiger partial charge in [0.2, 0.25) is 0 Å². The molecule has 1 heterocycles. The van der Waals surface area contributed by atoms with Crippen LogP contribution in [0.3, 0.4) is 0 Å². The molecule has 0 saturated carbocycles. The summed E-state index contributed by atoms with van der Waals surface area (Å²) in [6, 6.07) is 1.95. The van der Waals surface area contributed by atoms with Crippen LogP contribution in [0.15, 0.2) is 9.85 Å². The molecule has 0 spiro atoms. The van der Waals surface area contributed by atoms with E-state index in [0.717, 1.165) is 39.1 Å². The molecule has 1 amide bonds. The average molecular weight is 369 g/mol. The third kappa shape index (κ3) is 3.57. The van der Waals surface area contributed by atoms with E-state index in [0.29, 0.717) is 0 Å². The number of carbonyl (C=O) groups excluding carboxylic acids is 1. The van der Waals surface area contributed by atoms with E-state index in [1.54, 1.807) is 0 Å². The highest BCUT2D eigenvalue weighted by molar-refractivity contribution is 9.11. The van der Waals surface area contributed by atoms with E-state index < -0.39 is 0 Å². The summed E-state index contributed by atoms with van der Waals surface area (Å²) in [5.74, 6) is 0.139. The van der Waals surface area contributed by atoms with Crippen molar-refractivity contribution in [2.75, 3.05) is 18.4 Å². The van der Waals surface area contributed by atoms with Crippen molar-refractivity contribution in [3.05, 3.63) is 20.3 Å². The SMILES string of the molecule is CCCN(CCBr)C(=O)c1cc(C)c(Br)s1. The van der Waals surface area contributed by atoms with Crippen molar-refractivity contribution < 1.29 is 4.79 Å². The fourth-order valence-corrected chi connectivity index (χ4v) is 3.34. The lowest BCUT2D eigenvalue weighted by atomic mass is 10.3. The number of rotatable bonds is 5. The molecule has 5 heteroatoms. The lowest BCUT2D eigenvalue weighted by molar-refractivity contribution is 0.0771. The zero-order chi connectivity index (χ0) is 12.1. The Balaban J connectivity index is 2.81. The van der Waals surface area contributed by atoms with Gasteiger partial charge in [-0.15, -0.1) is 11.3 Å². The monoisotopic (exact) mass is 367 g/mol. The van der Waals surface area contributed by atoms with Gasteiger partial charge in [-0.05, 0) is 40.9 Å². The maximum Gasteiger partial charge on any atom is 0.263 e. The number of aryl methyl sites for hydroxylation is 1. The van der Waals surface area contributed by atoms with Crippen molar-refractivity contribution in [3.63, 3.8) is 0 Å². The Labute approximate surface area is 117 Å². The van der Waals surface area contributed by atoms with E-state index in [4.69, 9.17) is 0 Å². The van der Waals surface area contributed by atoms with Gasteiger partial charge in [0.25, 0.3) is 5.91 Å². The van der Waals surface area contributed by atoms with Crippen LogP contribution in [0.1, 0.15) is 28.6 Å². The quantitative estimate of drug-likeness (QED) is 0.717. The first-order valence-corrected chi connectivity index (χ1v) is 7.94. The van der Waals surface area contributed by atoms with Crippen LogP contribution >= 0.6 is 43.2 Å². The van der Waals surface area contributed by atoms with Gasteiger partial charge in [-0.3, -0.25) is 4.79 Å². The molecule has 1 aromatic heterocycles. The van der Waals surface area contributed by atoms with Gasteiger partial charge >= 0.3 is 0 Å². The zero-order valence-electron chi connectivity index (χ0n) is 9.43. The Bertz CT molecular complexity index is 339. The summed E-state index contributed by atoms with van der Waals surface area (Å²) >= 11 is 8.34. The van der Waals surface area contributed by atoms with Crippen molar-refractivity contribution in [3.8, 4) is 0 Å². The second-order valence-corrected chi connectivity index (χ2v) is 6.71. The third-order valence-electron chi connectivity index (χ3n) is 2.20. The van der Waals surface area contributed by atoms with Crippen LogP contribution in [0.25, 0.3) is 0 Å². The molecule has 2 nitrogen and oxygen atoms in total. The van der Waals surface area contributed by atoms with E-state index in [-0.39, 0.29) is 5.91 Å². The third-order valence-corrected chi connectivity index (χ3v) is 4.68. The Kier molecular flexibility index (Phi) is 6.00. The lowest BCUT2D eigenvalue weighted by Crippen LogP contribution is -2.32. The first-order valence-electron chi connectivity index (χ1n) is 5.21. The number of alkyl halides is 1.